The van der Waals surface area contributed by atoms with Crippen molar-refractivity contribution in [2.75, 3.05) is 26.7 Å². The predicted molar refractivity (Wildman–Crippen MR) is 115 cm³/mol. The molecule has 1 aromatic carbocycles. The quantitative estimate of drug-likeness (QED) is 0.581. The van der Waals surface area contributed by atoms with Gasteiger partial charge in [-0.05, 0) is 54.0 Å². The number of hydrogen-bond acceptors (Lipinski definition) is 3. The van der Waals surface area contributed by atoms with Crippen LogP contribution in [0, 0.1) is 0 Å². The number of hydrogen-bond donors (Lipinski definition) is 2. The lowest BCUT2D eigenvalue weighted by molar-refractivity contribution is -0.130. The van der Waals surface area contributed by atoms with E-state index in [0.29, 0.717) is 12.5 Å². The largest absolute Gasteiger partial charge is 0.356 e. The highest BCUT2D eigenvalue weighted by atomic mass is 35.5. The van der Waals surface area contributed by atoms with Crippen LogP contribution < -0.4 is 10.6 Å². The average Bonchev–Trinajstić information content (AvgIpc) is 3.36. The van der Waals surface area contributed by atoms with Crippen molar-refractivity contribution in [3.05, 3.63) is 56.7 Å². The Morgan fingerprint density at radius 2 is 2.18 bits per heavy atom. The Balaban J connectivity index is 1.28. The summed E-state index contributed by atoms with van der Waals surface area (Å²) in [5, 5.41) is 9.44. The molecule has 4 rings (SSSR count). The molecule has 0 radical (unpaired) electrons. The fourth-order valence-corrected chi connectivity index (χ4v) is 4.82. The van der Waals surface area contributed by atoms with Crippen LogP contribution in [0.25, 0.3) is 0 Å². The summed E-state index contributed by atoms with van der Waals surface area (Å²) in [6, 6.07) is 10.2. The molecule has 7 heteroatoms. The van der Waals surface area contributed by atoms with Crippen LogP contribution >= 0.6 is 22.9 Å². The Morgan fingerprint density at radius 3 is 2.93 bits per heavy atom. The number of rotatable bonds is 5. The van der Waals surface area contributed by atoms with Crippen LogP contribution in [0.3, 0.4) is 0 Å². The maximum atomic E-state index is 12.6. The van der Waals surface area contributed by atoms with E-state index in [2.05, 4.69) is 33.1 Å². The molecular formula is C21H25ClN4OS. The van der Waals surface area contributed by atoms with E-state index in [-0.39, 0.29) is 17.9 Å². The van der Waals surface area contributed by atoms with E-state index in [4.69, 9.17) is 11.6 Å². The van der Waals surface area contributed by atoms with E-state index in [1.54, 1.807) is 18.4 Å². The molecule has 148 valence electrons. The third-order valence-electron chi connectivity index (χ3n) is 5.68. The molecule has 0 bridgehead atoms. The number of carbonyl (C=O) groups is 1. The normalized spacial score (nSPS) is 17.8. The van der Waals surface area contributed by atoms with Crippen molar-refractivity contribution < 1.29 is 4.79 Å². The Kier molecular flexibility index (Phi) is 5.60. The van der Waals surface area contributed by atoms with Gasteiger partial charge in [0.1, 0.15) is 0 Å². The van der Waals surface area contributed by atoms with Crippen molar-refractivity contribution in [1.29, 1.82) is 0 Å². The molecule has 28 heavy (non-hydrogen) atoms. The predicted octanol–water partition coefficient (Wildman–Crippen LogP) is 3.18. The standard InChI is InChI=1S/C21H25ClN4OS/c1-23-20(25-14-21(7-8-21)16-3-2-4-17(22)11-16)24-12-19(27)26-9-5-18-15(13-26)6-10-28-18/h2-4,6,10-11H,5,7-9,12-14H2,1H3,(H2,23,24,25). The van der Waals surface area contributed by atoms with Gasteiger partial charge in [0.15, 0.2) is 5.96 Å². The van der Waals surface area contributed by atoms with Crippen molar-refractivity contribution in [1.82, 2.24) is 15.5 Å². The summed E-state index contributed by atoms with van der Waals surface area (Å²) in [6.07, 6.45) is 3.22. The van der Waals surface area contributed by atoms with E-state index in [0.717, 1.165) is 37.4 Å². The minimum Gasteiger partial charge on any atom is -0.356 e. The lowest BCUT2D eigenvalue weighted by Crippen LogP contribution is -2.47. The number of guanidine groups is 1. The molecular weight excluding hydrogens is 392 g/mol. The highest BCUT2D eigenvalue weighted by Crippen LogP contribution is 2.48. The summed E-state index contributed by atoms with van der Waals surface area (Å²) in [6.45, 7) is 2.54. The molecule has 0 atom stereocenters. The van der Waals surface area contributed by atoms with Gasteiger partial charge in [0, 0.05) is 42.0 Å². The number of aliphatic imine (C=N–C) groups is 1. The van der Waals surface area contributed by atoms with Crippen LogP contribution in [0.15, 0.2) is 40.7 Å². The first-order valence-corrected chi connectivity index (χ1v) is 10.9. The summed E-state index contributed by atoms with van der Waals surface area (Å²) in [5.41, 5.74) is 2.66. The molecule has 1 aromatic heterocycles. The fourth-order valence-electron chi connectivity index (χ4n) is 3.74. The van der Waals surface area contributed by atoms with Crippen molar-refractivity contribution in [3.8, 4) is 0 Å². The molecule has 1 amide bonds. The van der Waals surface area contributed by atoms with Crippen LogP contribution in [0.1, 0.15) is 28.8 Å². The minimum absolute atomic E-state index is 0.107. The third-order valence-corrected chi connectivity index (χ3v) is 6.93. The van der Waals surface area contributed by atoms with Gasteiger partial charge >= 0.3 is 0 Å². The Bertz CT molecular complexity index is 890. The zero-order valence-corrected chi connectivity index (χ0v) is 17.6. The third kappa shape index (κ3) is 4.18. The maximum Gasteiger partial charge on any atom is 0.242 e. The van der Waals surface area contributed by atoms with Gasteiger partial charge in [-0.25, -0.2) is 0 Å². The van der Waals surface area contributed by atoms with E-state index in [1.807, 2.05) is 23.1 Å². The first kappa shape index (κ1) is 19.3. The molecule has 2 aliphatic rings. The van der Waals surface area contributed by atoms with E-state index in [9.17, 15) is 4.79 Å². The number of thiophene rings is 1. The molecule has 2 heterocycles. The molecule has 2 aromatic rings. The molecule has 1 aliphatic heterocycles. The Morgan fingerprint density at radius 1 is 1.32 bits per heavy atom. The molecule has 1 saturated carbocycles. The van der Waals surface area contributed by atoms with Gasteiger partial charge in [0.05, 0.1) is 6.54 Å². The van der Waals surface area contributed by atoms with Gasteiger partial charge in [0.2, 0.25) is 5.91 Å². The molecule has 0 spiro atoms. The van der Waals surface area contributed by atoms with Crippen LogP contribution in [-0.2, 0) is 23.2 Å². The van der Waals surface area contributed by atoms with Gasteiger partial charge in [-0.2, -0.15) is 0 Å². The summed E-state index contributed by atoms with van der Waals surface area (Å²) in [5.74, 6) is 0.769. The smallest absolute Gasteiger partial charge is 0.242 e. The fraction of sp³-hybridized carbons (Fsp3) is 0.429. The highest BCUT2D eigenvalue weighted by Gasteiger charge is 2.44. The highest BCUT2D eigenvalue weighted by molar-refractivity contribution is 7.10. The maximum absolute atomic E-state index is 12.6. The first-order chi connectivity index (χ1) is 13.6. The Hall–Kier alpha value is -2.05. The van der Waals surface area contributed by atoms with Crippen LogP contribution in [0.4, 0.5) is 0 Å². The van der Waals surface area contributed by atoms with Crippen LogP contribution in [0.2, 0.25) is 5.02 Å². The van der Waals surface area contributed by atoms with Gasteiger partial charge in [-0.1, -0.05) is 23.7 Å². The summed E-state index contributed by atoms with van der Waals surface area (Å²) < 4.78 is 0. The van der Waals surface area contributed by atoms with E-state index in [1.165, 1.54) is 16.0 Å². The Labute approximate surface area is 174 Å². The van der Waals surface area contributed by atoms with Gasteiger partial charge in [-0.15, -0.1) is 11.3 Å². The number of nitrogens with one attached hydrogen (secondary N) is 2. The summed E-state index contributed by atoms with van der Waals surface area (Å²) >= 11 is 7.94. The molecule has 1 fully saturated rings. The summed E-state index contributed by atoms with van der Waals surface area (Å²) in [4.78, 5) is 20.2. The number of benzene rings is 1. The van der Waals surface area contributed by atoms with Crippen molar-refractivity contribution in [2.24, 2.45) is 4.99 Å². The molecule has 5 nitrogen and oxygen atoms in total. The van der Waals surface area contributed by atoms with E-state index < -0.39 is 0 Å². The van der Waals surface area contributed by atoms with Crippen LogP contribution in [-0.4, -0.2) is 43.4 Å². The molecule has 2 N–H and O–H groups in total. The second kappa shape index (κ2) is 8.13. The lowest BCUT2D eigenvalue weighted by Gasteiger charge is -2.27. The summed E-state index contributed by atoms with van der Waals surface area (Å²) in [7, 11) is 1.73. The second-order valence-electron chi connectivity index (χ2n) is 7.50. The number of carbonyl (C=O) groups excluding carboxylic acids is 1. The number of halogens is 1. The van der Waals surface area contributed by atoms with Gasteiger partial charge < -0.3 is 15.5 Å². The number of nitrogens with zero attached hydrogens (tertiary/aromatic N) is 2. The topological polar surface area (TPSA) is 56.7 Å². The molecule has 0 unspecified atom stereocenters. The van der Waals surface area contributed by atoms with Crippen molar-refractivity contribution in [2.45, 2.75) is 31.2 Å². The van der Waals surface area contributed by atoms with E-state index >= 15 is 0 Å². The first-order valence-electron chi connectivity index (χ1n) is 9.63. The number of fused-ring (bicyclic) bond motifs is 1. The lowest BCUT2D eigenvalue weighted by atomic mass is 9.96. The monoisotopic (exact) mass is 416 g/mol. The zero-order valence-electron chi connectivity index (χ0n) is 16.0. The zero-order chi connectivity index (χ0) is 19.6. The SMILES string of the molecule is CN=C(NCC(=O)N1CCc2sccc2C1)NCC1(c2cccc(Cl)c2)CC1. The minimum atomic E-state index is 0.107. The average molecular weight is 417 g/mol. The van der Waals surface area contributed by atoms with Crippen molar-refractivity contribution >= 4 is 34.8 Å². The molecule has 0 saturated heterocycles. The number of amides is 1. The molecule has 1 aliphatic carbocycles. The van der Waals surface area contributed by atoms with Crippen LogP contribution in [0.5, 0.6) is 0 Å². The van der Waals surface area contributed by atoms with Gasteiger partial charge in [-0.3, -0.25) is 9.79 Å². The van der Waals surface area contributed by atoms with Crippen molar-refractivity contribution in [3.63, 3.8) is 0 Å². The second-order valence-corrected chi connectivity index (χ2v) is 8.94. The van der Waals surface area contributed by atoms with Gasteiger partial charge in [0.25, 0.3) is 0 Å².